The van der Waals surface area contributed by atoms with Gasteiger partial charge in [0.1, 0.15) is 4.75 Å². The standard InChI is InChI=1S/C37H40N6O3S/c1-37(17-5-7-30(22-37)29-13-14-34-31(21-29)23-39-42(34)24-26-15-19-41(4)20-16-26)47(45,46)43-25-33(32-8-6-18-38-35(32)43)27-9-11-28(12-10-27)36(44)40(2)3/h5-14,18,21-23,25-26H,15-17,19-20,24H2,1-4H3. The zero-order valence-electron chi connectivity index (χ0n) is 27.3. The second-order valence-electron chi connectivity index (χ2n) is 13.4. The molecule has 9 nitrogen and oxygen atoms in total. The third kappa shape index (κ3) is 5.59. The lowest BCUT2D eigenvalue weighted by molar-refractivity contribution is 0.0827. The Morgan fingerprint density at radius 3 is 2.53 bits per heavy atom. The van der Waals surface area contributed by atoms with Crippen LogP contribution >= 0.6 is 0 Å². The second-order valence-corrected chi connectivity index (χ2v) is 15.6. The summed E-state index contributed by atoms with van der Waals surface area (Å²) < 4.78 is 31.4. The molecule has 1 aliphatic carbocycles. The van der Waals surface area contributed by atoms with E-state index in [0.717, 1.165) is 58.2 Å². The van der Waals surface area contributed by atoms with Crippen molar-refractivity contribution in [3.8, 4) is 11.1 Å². The van der Waals surface area contributed by atoms with Crippen LogP contribution in [0.2, 0.25) is 0 Å². The predicted molar refractivity (Wildman–Crippen MR) is 188 cm³/mol. The molecule has 0 spiro atoms. The maximum atomic E-state index is 14.6. The molecule has 1 saturated heterocycles. The topological polar surface area (TPSA) is 93.3 Å². The van der Waals surface area contributed by atoms with Crippen molar-refractivity contribution in [2.45, 2.75) is 37.5 Å². The van der Waals surface area contributed by atoms with Crippen LogP contribution in [0.1, 0.15) is 42.1 Å². The van der Waals surface area contributed by atoms with Crippen molar-refractivity contribution < 1.29 is 13.2 Å². The van der Waals surface area contributed by atoms with Crippen molar-refractivity contribution in [1.29, 1.82) is 0 Å². The lowest BCUT2D eigenvalue weighted by Crippen LogP contribution is -2.38. The summed E-state index contributed by atoms with van der Waals surface area (Å²) in [5, 5.41) is 6.49. The number of hydrogen-bond donors (Lipinski definition) is 0. The predicted octanol–water partition coefficient (Wildman–Crippen LogP) is 6.08. The third-order valence-electron chi connectivity index (χ3n) is 9.76. The van der Waals surface area contributed by atoms with E-state index in [2.05, 4.69) is 39.8 Å². The molecule has 7 rings (SSSR count). The van der Waals surface area contributed by atoms with Gasteiger partial charge in [0.05, 0.1) is 11.7 Å². The van der Waals surface area contributed by atoms with Crippen LogP contribution in [0, 0.1) is 5.92 Å². The van der Waals surface area contributed by atoms with E-state index in [9.17, 15) is 13.2 Å². The Morgan fingerprint density at radius 1 is 1.04 bits per heavy atom. The van der Waals surface area contributed by atoms with Crippen LogP contribution in [-0.2, 0) is 16.6 Å². The fraction of sp³-hybridized carbons (Fsp3) is 0.324. The molecule has 1 atom stereocenters. The summed E-state index contributed by atoms with van der Waals surface area (Å²) in [4.78, 5) is 20.9. The number of rotatable bonds is 7. The van der Waals surface area contributed by atoms with E-state index in [1.54, 1.807) is 45.5 Å². The highest BCUT2D eigenvalue weighted by Gasteiger charge is 2.40. The number of pyridine rings is 1. The van der Waals surface area contributed by atoms with Crippen LogP contribution in [0.4, 0.5) is 0 Å². The average molecular weight is 649 g/mol. The van der Waals surface area contributed by atoms with Crippen molar-refractivity contribution >= 4 is 43.4 Å². The van der Waals surface area contributed by atoms with Gasteiger partial charge < -0.3 is 9.80 Å². The summed E-state index contributed by atoms with van der Waals surface area (Å²) in [6, 6.07) is 17.2. The molecule has 1 unspecified atom stereocenters. The van der Waals surface area contributed by atoms with Crippen LogP contribution in [0.3, 0.4) is 0 Å². The molecule has 1 amide bonds. The number of benzene rings is 2. The first-order valence-electron chi connectivity index (χ1n) is 16.1. The average Bonchev–Trinajstić information content (AvgIpc) is 3.67. The Labute approximate surface area is 275 Å². The molecule has 4 heterocycles. The van der Waals surface area contributed by atoms with Gasteiger partial charge in [-0.2, -0.15) is 5.10 Å². The Hall–Kier alpha value is -4.54. The zero-order chi connectivity index (χ0) is 32.9. The maximum Gasteiger partial charge on any atom is 0.253 e. The molecule has 1 fully saturated rings. The van der Waals surface area contributed by atoms with Gasteiger partial charge in [-0.1, -0.05) is 36.4 Å². The van der Waals surface area contributed by atoms with Crippen LogP contribution in [-0.4, -0.2) is 81.8 Å². The third-order valence-corrected chi connectivity index (χ3v) is 12.0. The summed E-state index contributed by atoms with van der Waals surface area (Å²) >= 11 is 0. The normalized spacial score (nSPS) is 19.4. The van der Waals surface area contributed by atoms with E-state index in [1.807, 2.05) is 48.7 Å². The minimum absolute atomic E-state index is 0.0928. The number of aromatic nitrogens is 4. The van der Waals surface area contributed by atoms with Gasteiger partial charge in [0, 0.05) is 54.9 Å². The first kappa shape index (κ1) is 31.1. The lowest BCUT2D eigenvalue weighted by Gasteiger charge is -2.29. The Kier molecular flexibility index (Phi) is 7.88. The minimum atomic E-state index is -3.96. The number of carbonyl (C=O) groups excluding carboxylic acids is 1. The summed E-state index contributed by atoms with van der Waals surface area (Å²) in [5.74, 6) is 0.528. The number of likely N-dealkylation sites (tertiary alicyclic amines) is 1. The monoisotopic (exact) mass is 648 g/mol. The van der Waals surface area contributed by atoms with E-state index >= 15 is 0 Å². The van der Waals surface area contributed by atoms with E-state index in [-0.39, 0.29) is 5.91 Å². The Balaban J connectivity index is 1.21. The first-order chi connectivity index (χ1) is 22.5. The van der Waals surface area contributed by atoms with Gasteiger partial charge in [0.2, 0.25) is 10.0 Å². The molecule has 0 saturated carbocycles. The van der Waals surface area contributed by atoms with Gasteiger partial charge in [0.15, 0.2) is 5.65 Å². The van der Waals surface area contributed by atoms with Crippen molar-refractivity contribution in [1.82, 2.24) is 28.5 Å². The maximum absolute atomic E-state index is 14.6. The minimum Gasteiger partial charge on any atom is -0.345 e. The van der Waals surface area contributed by atoms with E-state index < -0.39 is 14.8 Å². The summed E-state index contributed by atoms with van der Waals surface area (Å²) in [5.41, 5.74) is 5.40. The zero-order valence-corrected chi connectivity index (χ0v) is 28.1. The largest absolute Gasteiger partial charge is 0.345 e. The van der Waals surface area contributed by atoms with Crippen molar-refractivity contribution in [3.63, 3.8) is 0 Å². The fourth-order valence-corrected chi connectivity index (χ4v) is 8.49. The van der Waals surface area contributed by atoms with Gasteiger partial charge in [-0.05, 0) is 105 Å². The molecule has 2 aliphatic rings. The molecule has 10 heteroatoms. The number of nitrogens with zero attached hydrogens (tertiary/aromatic N) is 6. The van der Waals surface area contributed by atoms with Crippen LogP contribution < -0.4 is 0 Å². The van der Waals surface area contributed by atoms with Gasteiger partial charge in [-0.25, -0.2) is 17.4 Å². The molecular weight excluding hydrogens is 609 g/mol. The van der Waals surface area contributed by atoms with Crippen molar-refractivity contribution in [2.24, 2.45) is 5.92 Å². The number of piperidine rings is 1. The van der Waals surface area contributed by atoms with Gasteiger partial charge in [-0.15, -0.1) is 0 Å². The molecule has 3 aromatic heterocycles. The lowest BCUT2D eigenvalue weighted by atomic mass is 9.92. The van der Waals surface area contributed by atoms with Crippen LogP contribution in [0.25, 0.3) is 38.6 Å². The summed E-state index contributed by atoms with van der Waals surface area (Å²) in [6.45, 7) is 4.94. The quantitative estimate of drug-likeness (QED) is 0.213. The van der Waals surface area contributed by atoms with Crippen molar-refractivity contribution in [3.05, 3.63) is 103 Å². The number of allylic oxidation sites excluding steroid dienone is 3. The van der Waals surface area contributed by atoms with E-state index in [1.165, 1.54) is 21.7 Å². The van der Waals surface area contributed by atoms with Gasteiger partial charge in [0.25, 0.3) is 5.91 Å². The summed E-state index contributed by atoms with van der Waals surface area (Å²) in [6.07, 6.45) is 13.7. The molecular formula is C37H40N6O3S. The smallest absolute Gasteiger partial charge is 0.253 e. The molecule has 0 N–H and O–H groups in total. The molecule has 1 aliphatic heterocycles. The highest BCUT2D eigenvalue weighted by atomic mass is 32.2. The van der Waals surface area contributed by atoms with Gasteiger partial charge in [-0.3, -0.25) is 9.48 Å². The van der Waals surface area contributed by atoms with Crippen molar-refractivity contribution in [2.75, 3.05) is 34.2 Å². The Bertz CT molecular complexity index is 2150. The molecule has 2 aromatic carbocycles. The number of amides is 1. The highest BCUT2D eigenvalue weighted by molar-refractivity contribution is 7.91. The molecule has 0 bridgehead atoms. The molecule has 0 radical (unpaired) electrons. The number of carbonyl (C=O) groups is 1. The molecule has 5 aromatic rings. The molecule has 47 heavy (non-hydrogen) atoms. The second kappa shape index (κ2) is 11.9. The number of hydrogen-bond acceptors (Lipinski definition) is 6. The van der Waals surface area contributed by atoms with Crippen LogP contribution in [0.15, 0.2) is 91.4 Å². The van der Waals surface area contributed by atoms with E-state index in [4.69, 9.17) is 5.10 Å². The molecule has 242 valence electrons. The highest BCUT2D eigenvalue weighted by Crippen LogP contribution is 2.39. The fourth-order valence-electron chi connectivity index (χ4n) is 6.84. The first-order valence-corrected chi connectivity index (χ1v) is 17.6. The summed E-state index contributed by atoms with van der Waals surface area (Å²) in [7, 11) is 1.64. The number of fused-ring (bicyclic) bond motifs is 2. The SMILES string of the molecule is CN1CCC(Cn2ncc3cc(C4=CC(C)(S(=O)(=O)n5cc(-c6ccc(C(=O)N(C)C)cc6)c6cccnc65)CC=C4)ccc32)CC1. The Morgan fingerprint density at radius 2 is 1.79 bits per heavy atom. The van der Waals surface area contributed by atoms with Gasteiger partial charge >= 0.3 is 0 Å². The van der Waals surface area contributed by atoms with Crippen LogP contribution in [0.5, 0.6) is 0 Å². The van der Waals surface area contributed by atoms with E-state index in [0.29, 0.717) is 23.5 Å².